The summed E-state index contributed by atoms with van der Waals surface area (Å²) < 4.78 is 45.9. The van der Waals surface area contributed by atoms with Crippen LogP contribution >= 0.6 is 11.8 Å². The molecule has 1 aromatic heterocycles. The maximum Gasteiger partial charge on any atom is 0.416 e. The predicted octanol–water partition coefficient (Wildman–Crippen LogP) is 5.41. The average Bonchev–Trinajstić information content (AvgIpc) is 3.15. The van der Waals surface area contributed by atoms with Gasteiger partial charge in [0.25, 0.3) is 0 Å². The molecule has 0 saturated heterocycles. The van der Waals surface area contributed by atoms with Crippen LogP contribution in [-0.4, -0.2) is 26.4 Å². The lowest BCUT2D eigenvalue weighted by Gasteiger charge is -2.12. The molecule has 33 heavy (non-hydrogen) atoms. The number of allylic oxidation sites excluding steroid dienone is 1. The lowest BCUT2D eigenvalue weighted by molar-refractivity contribution is -0.137. The van der Waals surface area contributed by atoms with Gasteiger partial charge in [0.1, 0.15) is 12.4 Å². The smallest absolute Gasteiger partial charge is 0.416 e. The zero-order valence-electron chi connectivity index (χ0n) is 18.1. The summed E-state index contributed by atoms with van der Waals surface area (Å²) in [5.41, 5.74) is 2.04. The molecule has 174 valence electrons. The lowest BCUT2D eigenvalue weighted by Crippen LogP contribution is -2.16. The normalized spacial score (nSPS) is 11.3. The van der Waals surface area contributed by atoms with Crippen LogP contribution in [0, 0.1) is 13.8 Å². The van der Waals surface area contributed by atoms with Gasteiger partial charge >= 0.3 is 6.18 Å². The third-order valence-corrected chi connectivity index (χ3v) is 5.81. The van der Waals surface area contributed by atoms with E-state index in [0.717, 1.165) is 28.9 Å². The van der Waals surface area contributed by atoms with E-state index in [2.05, 4.69) is 22.1 Å². The Balaban J connectivity index is 1.65. The van der Waals surface area contributed by atoms with Gasteiger partial charge in [-0.25, -0.2) is 0 Å². The van der Waals surface area contributed by atoms with Crippen molar-refractivity contribution in [3.8, 4) is 5.75 Å². The summed E-state index contributed by atoms with van der Waals surface area (Å²) >= 11 is 1.20. The molecule has 3 rings (SSSR count). The number of carbonyl (C=O) groups is 1. The van der Waals surface area contributed by atoms with Gasteiger partial charge in [-0.15, -0.1) is 16.8 Å². The molecule has 0 saturated carbocycles. The summed E-state index contributed by atoms with van der Waals surface area (Å²) in [5.74, 6) is 0.394. The van der Waals surface area contributed by atoms with Gasteiger partial charge < -0.3 is 10.1 Å². The monoisotopic (exact) mass is 476 g/mol. The molecule has 0 bridgehead atoms. The standard InChI is InChI=1S/C23H23F3N4O2S/c1-4-11-30-20(13-32-18-9-6-8-17(12-18)23(24,25)26)28-29-22(30)33-14-21(31)27-19-10-5-7-15(2)16(19)3/h4-10,12H,1,11,13-14H2,2-3H3,(H,27,31). The quantitative estimate of drug-likeness (QED) is 0.330. The molecule has 0 atom stereocenters. The fourth-order valence-corrected chi connectivity index (χ4v) is 3.72. The largest absolute Gasteiger partial charge is 0.486 e. The van der Waals surface area contributed by atoms with Gasteiger partial charge in [0, 0.05) is 12.2 Å². The third-order valence-electron chi connectivity index (χ3n) is 4.85. The number of benzene rings is 2. The number of aromatic nitrogens is 3. The highest BCUT2D eigenvalue weighted by atomic mass is 32.2. The SMILES string of the molecule is C=CCn1c(COc2cccc(C(F)(F)F)c2)nnc1SCC(=O)Nc1cccc(C)c1C. The maximum atomic E-state index is 12.9. The number of ether oxygens (including phenoxy) is 1. The first kappa shape index (κ1) is 24.4. The van der Waals surface area contributed by atoms with Crippen LogP contribution in [0.3, 0.4) is 0 Å². The van der Waals surface area contributed by atoms with E-state index in [9.17, 15) is 18.0 Å². The fourth-order valence-electron chi connectivity index (χ4n) is 2.96. The van der Waals surface area contributed by atoms with E-state index in [0.29, 0.717) is 17.5 Å². The molecule has 6 nitrogen and oxygen atoms in total. The summed E-state index contributed by atoms with van der Waals surface area (Å²) in [7, 11) is 0. The Kier molecular flexibility index (Phi) is 7.80. The molecule has 0 spiro atoms. The molecule has 0 aliphatic heterocycles. The molecule has 0 radical (unpaired) electrons. The van der Waals surface area contributed by atoms with Crippen LogP contribution < -0.4 is 10.1 Å². The van der Waals surface area contributed by atoms with Crippen LogP contribution in [0.25, 0.3) is 0 Å². The molecule has 2 aromatic carbocycles. The van der Waals surface area contributed by atoms with Gasteiger partial charge in [-0.3, -0.25) is 9.36 Å². The van der Waals surface area contributed by atoms with Crippen molar-refractivity contribution in [1.82, 2.24) is 14.8 Å². The Morgan fingerprint density at radius 2 is 1.97 bits per heavy atom. The number of thioether (sulfide) groups is 1. The van der Waals surface area contributed by atoms with Crippen LogP contribution in [0.15, 0.2) is 60.3 Å². The highest BCUT2D eigenvalue weighted by Crippen LogP contribution is 2.31. The molecule has 0 unspecified atom stereocenters. The zero-order chi connectivity index (χ0) is 24.0. The number of hydrogen-bond donors (Lipinski definition) is 1. The number of hydrogen-bond acceptors (Lipinski definition) is 5. The molecule has 1 N–H and O–H groups in total. The number of halogens is 3. The van der Waals surface area contributed by atoms with Crippen LogP contribution in [0.1, 0.15) is 22.5 Å². The number of alkyl halides is 3. The number of nitrogens with one attached hydrogen (secondary N) is 1. The number of aryl methyl sites for hydroxylation is 1. The van der Waals surface area contributed by atoms with E-state index in [1.54, 1.807) is 10.6 Å². The predicted molar refractivity (Wildman–Crippen MR) is 121 cm³/mol. The van der Waals surface area contributed by atoms with E-state index < -0.39 is 11.7 Å². The Morgan fingerprint density at radius 3 is 2.70 bits per heavy atom. The van der Waals surface area contributed by atoms with Crippen molar-refractivity contribution in [3.63, 3.8) is 0 Å². The number of anilines is 1. The van der Waals surface area contributed by atoms with Gasteiger partial charge in [-0.2, -0.15) is 13.2 Å². The fraction of sp³-hybridized carbons (Fsp3) is 0.261. The average molecular weight is 477 g/mol. The minimum absolute atomic E-state index is 0.0695. The summed E-state index contributed by atoms with van der Waals surface area (Å²) in [4.78, 5) is 12.4. The lowest BCUT2D eigenvalue weighted by atomic mass is 10.1. The molecule has 1 amide bonds. The molecule has 10 heteroatoms. The van der Waals surface area contributed by atoms with E-state index in [1.807, 2.05) is 32.0 Å². The van der Waals surface area contributed by atoms with Gasteiger partial charge in [0.15, 0.2) is 11.0 Å². The molecular formula is C23H23F3N4O2S. The molecular weight excluding hydrogens is 453 g/mol. The van der Waals surface area contributed by atoms with Crippen LogP contribution in [-0.2, 0) is 24.1 Å². The minimum atomic E-state index is -4.45. The van der Waals surface area contributed by atoms with Crippen molar-refractivity contribution in [2.45, 2.75) is 38.3 Å². The molecule has 1 heterocycles. The first-order chi connectivity index (χ1) is 15.7. The first-order valence-corrected chi connectivity index (χ1v) is 11.0. The van der Waals surface area contributed by atoms with Crippen molar-refractivity contribution >= 4 is 23.4 Å². The molecule has 3 aromatic rings. The Bertz CT molecular complexity index is 1140. The molecule has 0 aliphatic carbocycles. The summed E-state index contributed by atoms with van der Waals surface area (Å²) in [5, 5.41) is 11.5. The molecule has 0 fully saturated rings. The van der Waals surface area contributed by atoms with Crippen LogP contribution in [0.5, 0.6) is 5.75 Å². The topological polar surface area (TPSA) is 69.0 Å². The van der Waals surface area contributed by atoms with Gasteiger partial charge in [0.05, 0.1) is 11.3 Å². The number of amides is 1. The number of rotatable bonds is 9. The Morgan fingerprint density at radius 1 is 1.21 bits per heavy atom. The Hall–Kier alpha value is -3.27. The van der Waals surface area contributed by atoms with Crippen molar-refractivity contribution in [3.05, 3.63) is 77.6 Å². The zero-order valence-corrected chi connectivity index (χ0v) is 19.0. The summed E-state index contributed by atoms with van der Waals surface area (Å²) in [6.45, 7) is 7.90. The van der Waals surface area contributed by atoms with Gasteiger partial charge in [-0.05, 0) is 49.2 Å². The van der Waals surface area contributed by atoms with Crippen LogP contribution in [0.2, 0.25) is 0 Å². The van der Waals surface area contributed by atoms with E-state index >= 15 is 0 Å². The highest BCUT2D eigenvalue weighted by Gasteiger charge is 2.30. The second kappa shape index (κ2) is 10.6. The Labute approximate surface area is 193 Å². The number of nitrogens with zero attached hydrogens (tertiary/aromatic N) is 3. The van der Waals surface area contributed by atoms with Crippen molar-refractivity contribution in [2.75, 3.05) is 11.1 Å². The van der Waals surface area contributed by atoms with Gasteiger partial charge in [0.2, 0.25) is 5.91 Å². The van der Waals surface area contributed by atoms with Crippen molar-refractivity contribution < 1.29 is 22.7 Å². The second-order valence-corrected chi connectivity index (χ2v) is 8.14. The van der Waals surface area contributed by atoms with Crippen LogP contribution in [0.4, 0.5) is 18.9 Å². The maximum absolute atomic E-state index is 12.9. The number of carbonyl (C=O) groups excluding carboxylic acids is 1. The third kappa shape index (κ3) is 6.38. The second-order valence-electron chi connectivity index (χ2n) is 7.20. The van der Waals surface area contributed by atoms with Crippen molar-refractivity contribution in [2.24, 2.45) is 0 Å². The van der Waals surface area contributed by atoms with E-state index in [1.165, 1.54) is 23.9 Å². The van der Waals surface area contributed by atoms with Crippen molar-refractivity contribution in [1.29, 1.82) is 0 Å². The van der Waals surface area contributed by atoms with E-state index in [4.69, 9.17) is 4.74 Å². The summed E-state index contributed by atoms with van der Waals surface area (Å²) in [6, 6.07) is 10.3. The van der Waals surface area contributed by atoms with Gasteiger partial charge in [-0.1, -0.05) is 36.0 Å². The minimum Gasteiger partial charge on any atom is -0.486 e. The first-order valence-electron chi connectivity index (χ1n) is 10.0. The summed E-state index contributed by atoms with van der Waals surface area (Å²) in [6.07, 6.45) is -2.82. The van der Waals surface area contributed by atoms with E-state index in [-0.39, 0.29) is 24.0 Å². The highest BCUT2D eigenvalue weighted by molar-refractivity contribution is 7.99. The molecule has 0 aliphatic rings.